The largest absolute Gasteiger partial charge is 0.406 e. The summed E-state index contributed by atoms with van der Waals surface area (Å²) < 4.78 is 37.0. The molecule has 3 atom stereocenters. The smallest absolute Gasteiger partial charge is 0.261 e. The summed E-state index contributed by atoms with van der Waals surface area (Å²) in [5.41, 5.74) is 1.09. The third-order valence-electron chi connectivity index (χ3n) is 8.60. The predicted octanol–water partition coefficient (Wildman–Crippen LogP) is 5.74. The average molecular weight is 613 g/mol. The van der Waals surface area contributed by atoms with Crippen molar-refractivity contribution < 1.29 is 12.8 Å². The molecule has 1 spiro atoms. The Morgan fingerprint density at radius 1 is 0.921 bits per heavy atom. The van der Waals surface area contributed by atoms with Crippen molar-refractivity contribution in [2.24, 2.45) is 11.3 Å². The lowest BCUT2D eigenvalue weighted by Gasteiger charge is -2.44. The van der Waals surface area contributed by atoms with Crippen molar-refractivity contribution in [1.82, 2.24) is 4.31 Å². The normalized spacial score (nSPS) is 24.1. The van der Waals surface area contributed by atoms with E-state index in [0.717, 1.165) is 23.7 Å². The van der Waals surface area contributed by atoms with Gasteiger partial charge in [0.1, 0.15) is 0 Å². The first-order chi connectivity index (χ1) is 18.0. The van der Waals surface area contributed by atoms with Crippen molar-refractivity contribution in [3.63, 3.8) is 0 Å². The zero-order chi connectivity index (χ0) is 27.2. The van der Waals surface area contributed by atoms with Gasteiger partial charge in [-0.1, -0.05) is 115 Å². The van der Waals surface area contributed by atoms with E-state index in [1.165, 1.54) is 10.4 Å². The summed E-state index contributed by atoms with van der Waals surface area (Å²) in [5.74, 6) is 0.510. The molecule has 38 heavy (non-hydrogen) atoms. The third kappa shape index (κ3) is 4.85. The van der Waals surface area contributed by atoms with Crippen molar-refractivity contribution in [1.29, 1.82) is 0 Å². The highest BCUT2D eigenvalue weighted by molar-refractivity contribution is 9.09. The van der Waals surface area contributed by atoms with Crippen molar-refractivity contribution >= 4 is 44.6 Å². The quantitative estimate of drug-likeness (QED) is 0.241. The van der Waals surface area contributed by atoms with Crippen molar-refractivity contribution in [2.45, 2.75) is 56.5 Å². The number of hydrogen-bond donors (Lipinski definition) is 0. The summed E-state index contributed by atoms with van der Waals surface area (Å²) in [7, 11) is -6.42. The maximum atomic E-state index is 14.0. The summed E-state index contributed by atoms with van der Waals surface area (Å²) in [6.45, 7) is 9.71. The van der Waals surface area contributed by atoms with Crippen molar-refractivity contribution in [3.05, 3.63) is 90.5 Å². The topological polar surface area (TPSA) is 46.6 Å². The highest BCUT2D eigenvalue weighted by Crippen LogP contribution is 2.61. The molecule has 1 aliphatic carbocycles. The third-order valence-corrected chi connectivity index (χ3v) is 16.3. The van der Waals surface area contributed by atoms with Crippen LogP contribution in [0.3, 0.4) is 0 Å². The first kappa shape index (κ1) is 27.8. The second kappa shape index (κ2) is 10.3. The van der Waals surface area contributed by atoms with Crippen LogP contribution < -0.4 is 10.4 Å². The minimum absolute atomic E-state index is 0.0424. The van der Waals surface area contributed by atoms with Crippen LogP contribution in [0, 0.1) is 18.3 Å². The second-order valence-electron chi connectivity index (χ2n) is 12.1. The molecule has 0 bridgehead atoms. The SMILES string of the molecule is Cc1ccc(S(=O)(=O)N2CC3(CC3CBr)C[C@H]2CO[Si](c2ccccc2)(c2ccccc2)C(C)(C)C)cc1. The van der Waals surface area contributed by atoms with E-state index < -0.39 is 18.3 Å². The van der Waals surface area contributed by atoms with E-state index in [2.05, 4.69) is 85.2 Å². The van der Waals surface area contributed by atoms with E-state index in [9.17, 15) is 8.42 Å². The minimum Gasteiger partial charge on any atom is -0.406 e. The number of alkyl halides is 1. The Morgan fingerprint density at radius 2 is 1.47 bits per heavy atom. The monoisotopic (exact) mass is 611 g/mol. The summed E-state index contributed by atoms with van der Waals surface area (Å²) >= 11 is 3.67. The van der Waals surface area contributed by atoms with Crippen LogP contribution in [0.25, 0.3) is 0 Å². The van der Waals surface area contributed by atoms with Crippen molar-refractivity contribution in [3.8, 4) is 0 Å². The highest BCUT2D eigenvalue weighted by atomic mass is 79.9. The first-order valence-electron chi connectivity index (χ1n) is 13.4. The molecule has 3 aromatic carbocycles. The van der Waals surface area contributed by atoms with Gasteiger partial charge in [0.05, 0.1) is 11.5 Å². The average Bonchev–Trinajstić information content (AvgIpc) is 3.45. The highest BCUT2D eigenvalue weighted by Gasteiger charge is 2.62. The van der Waals surface area contributed by atoms with E-state index in [0.29, 0.717) is 24.0 Å². The summed E-state index contributed by atoms with van der Waals surface area (Å²) in [4.78, 5) is 0.367. The lowest BCUT2D eigenvalue weighted by molar-refractivity contribution is 0.221. The van der Waals surface area contributed by atoms with Crippen LogP contribution in [0.5, 0.6) is 0 Å². The zero-order valence-corrected chi connectivity index (χ0v) is 26.1. The second-order valence-corrected chi connectivity index (χ2v) is 19.0. The molecule has 0 aromatic heterocycles. The number of halogens is 1. The Morgan fingerprint density at radius 3 is 1.95 bits per heavy atom. The lowest BCUT2D eigenvalue weighted by Crippen LogP contribution is -2.67. The number of nitrogens with zero attached hydrogens (tertiary/aromatic N) is 1. The summed E-state index contributed by atoms with van der Waals surface area (Å²) in [6.07, 6.45) is 1.90. The molecule has 1 saturated heterocycles. The zero-order valence-electron chi connectivity index (χ0n) is 22.7. The molecule has 1 aliphatic heterocycles. The number of sulfonamides is 1. The van der Waals surface area contributed by atoms with E-state index in [4.69, 9.17) is 4.43 Å². The van der Waals surface area contributed by atoms with Gasteiger partial charge in [0.25, 0.3) is 8.32 Å². The molecular weight excluding hydrogens is 574 g/mol. The minimum atomic E-state index is -3.65. The van der Waals surface area contributed by atoms with Crippen molar-refractivity contribution in [2.75, 3.05) is 18.5 Å². The Labute approximate surface area is 237 Å². The maximum Gasteiger partial charge on any atom is 0.261 e. The molecule has 7 heteroatoms. The molecule has 0 N–H and O–H groups in total. The molecule has 2 fully saturated rings. The van der Waals surface area contributed by atoms with Crippen LogP contribution in [0.4, 0.5) is 0 Å². The van der Waals surface area contributed by atoms with E-state index in [1.54, 1.807) is 16.4 Å². The molecule has 1 heterocycles. The van der Waals surface area contributed by atoms with Crippen LogP contribution >= 0.6 is 15.9 Å². The molecular formula is C31H38BrNO3SSi. The molecule has 4 nitrogen and oxygen atoms in total. The Kier molecular flexibility index (Phi) is 7.55. The van der Waals surface area contributed by atoms with Crippen LogP contribution in [0.1, 0.15) is 39.2 Å². The number of rotatable bonds is 8. The van der Waals surface area contributed by atoms with Gasteiger partial charge in [-0.15, -0.1) is 0 Å². The Hall–Kier alpha value is -1.77. The van der Waals surface area contributed by atoms with E-state index >= 15 is 0 Å². The maximum absolute atomic E-state index is 14.0. The fraction of sp³-hybridized carbons (Fsp3) is 0.419. The van der Waals surface area contributed by atoms with E-state index in [-0.39, 0.29) is 16.5 Å². The van der Waals surface area contributed by atoms with Gasteiger partial charge in [0, 0.05) is 17.9 Å². The first-order valence-corrected chi connectivity index (χ1v) is 17.9. The van der Waals surface area contributed by atoms with Gasteiger partial charge in [-0.2, -0.15) is 4.31 Å². The fourth-order valence-corrected chi connectivity index (χ4v) is 13.6. The molecule has 3 aromatic rings. The van der Waals surface area contributed by atoms with Gasteiger partial charge in [-0.05, 0) is 58.6 Å². The Bertz CT molecular complexity index is 1320. The van der Waals surface area contributed by atoms with Crippen LogP contribution in [0.15, 0.2) is 89.8 Å². The molecule has 1 saturated carbocycles. The van der Waals surface area contributed by atoms with Gasteiger partial charge in [0.2, 0.25) is 10.0 Å². The van der Waals surface area contributed by atoms with Gasteiger partial charge in [-0.25, -0.2) is 8.42 Å². The van der Waals surface area contributed by atoms with Crippen LogP contribution in [-0.4, -0.2) is 45.6 Å². The molecule has 202 valence electrons. The lowest BCUT2D eigenvalue weighted by atomic mass is 10.0. The van der Waals surface area contributed by atoms with Gasteiger partial charge < -0.3 is 4.43 Å². The van der Waals surface area contributed by atoms with Gasteiger partial charge in [0.15, 0.2) is 0 Å². The molecule has 0 amide bonds. The molecule has 2 unspecified atom stereocenters. The molecule has 5 rings (SSSR count). The summed E-state index contributed by atoms with van der Waals surface area (Å²) in [5, 5.41) is 3.17. The fourth-order valence-electron chi connectivity index (χ4n) is 6.42. The Balaban J connectivity index is 1.54. The molecule has 2 aliphatic rings. The van der Waals surface area contributed by atoms with E-state index in [1.807, 2.05) is 31.2 Å². The van der Waals surface area contributed by atoms with Gasteiger partial charge in [-0.3, -0.25) is 0 Å². The standard InChI is InChI=1S/C31H38BrNO3SSi/c1-24-15-17-27(18-16-24)37(34,35)33-23-31(19-25(31)21-32)20-26(33)22-36-38(30(2,3)4,28-11-7-5-8-12-28)29-13-9-6-10-14-29/h5-18,25-26H,19-23H2,1-4H3/t25?,26-,31?/m0/s1. The van der Waals surface area contributed by atoms with Gasteiger partial charge >= 0.3 is 0 Å². The van der Waals surface area contributed by atoms with Crippen LogP contribution in [-0.2, 0) is 14.4 Å². The van der Waals surface area contributed by atoms with Crippen LogP contribution in [0.2, 0.25) is 5.04 Å². The number of benzene rings is 3. The predicted molar refractivity (Wildman–Crippen MR) is 161 cm³/mol. The summed E-state index contributed by atoms with van der Waals surface area (Å²) in [6, 6.07) is 28.2. The number of hydrogen-bond acceptors (Lipinski definition) is 3. The number of aryl methyl sites for hydroxylation is 1. The molecule has 0 radical (unpaired) electrons.